The van der Waals surface area contributed by atoms with Crippen LogP contribution in [0.25, 0.3) is 10.2 Å². The molecule has 172 valence electrons. The Labute approximate surface area is 207 Å². The lowest BCUT2D eigenvalue weighted by atomic mass is 9.87. The molecule has 3 aromatic carbocycles. The number of para-hydroxylation sites is 2. The number of carbonyl (C=O) groups is 1. The molecule has 0 fully saturated rings. The molecule has 0 saturated heterocycles. The third-order valence-electron chi connectivity index (χ3n) is 6.32. The van der Waals surface area contributed by atoms with E-state index in [4.69, 9.17) is 9.72 Å². The second kappa shape index (κ2) is 8.96. The number of amides is 1. The summed E-state index contributed by atoms with van der Waals surface area (Å²) in [7, 11) is 0. The SMILES string of the molecule is CCc1ccc2nc(N(Cc3ccccn3)C(=O)C3c4ccccc4Oc4ccccc43)sc2c1. The van der Waals surface area contributed by atoms with E-state index in [-0.39, 0.29) is 5.91 Å². The van der Waals surface area contributed by atoms with Crippen molar-refractivity contribution in [3.63, 3.8) is 0 Å². The van der Waals surface area contributed by atoms with Gasteiger partial charge in [0.05, 0.1) is 28.4 Å². The predicted molar refractivity (Wildman–Crippen MR) is 139 cm³/mol. The number of aryl methyl sites for hydroxylation is 1. The van der Waals surface area contributed by atoms with E-state index in [1.165, 1.54) is 5.56 Å². The van der Waals surface area contributed by atoms with E-state index in [9.17, 15) is 4.79 Å². The summed E-state index contributed by atoms with van der Waals surface area (Å²) in [6, 6.07) is 27.6. The highest BCUT2D eigenvalue weighted by molar-refractivity contribution is 7.22. The number of nitrogens with zero attached hydrogens (tertiary/aromatic N) is 3. The molecule has 1 amide bonds. The fourth-order valence-corrected chi connectivity index (χ4v) is 5.55. The monoisotopic (exact) mass is 477 g/mol. The van der Waals surface area contributed by atoms with E-state index >= 15 is 0 Å². The normalized spacial score (nSPS) is 12.6. The van der Waals surface area contributed by atoms with E-state index < -0.39 is 5.92 Å². The van der Waals surface area contributed by atoms with Crippen molar-refractivity contribution in [3.05, 3.63) is 114 Å². The Hall–Kier alpha value is -4.03. The molecule has 0 bridgehead atoms. The van der Waals surface area contributed by atoms with Crippen LogP contribution in [0.4, 0.5) is 5.13 Å². The maximum Gasteiger partial charge on any atom is 0.241 e. The molecule has 5 aromatic rings. The zero-order chi connectivity index (χ0) is 23.8. The highest BCUT2D eigenvalue weighted by Gasteiger charge is 2.36. The molecule has 0 atom stereocenters. The van der Waals surface area contributed by atoms with Crippen LogP contribution in [0.2, 0.25) is 0 Å². The second-order valence-corrected chi connectivity index (χ2v) is 9.52. The lowest BCUT2D eigenvalue weighted by Crippen LogP contribution is -2.36. The van der Waals surface area contributed by atoms with Crippen molar-refractivity contribution >= 4 is 32.6 Å². The van der Waals surface area contributed by atoms with Gasteiger partial charge in [0.25, 0.3) is 0 Å². The summed E-state index contributed by atoms with van der Waals surface area (Å²) in [5.74, 6) is 0.866. The van der Waals surface area contributed by atoms with Crippen LogP contribution in [-0.4, -0.2) is 15.9 Å². The largest absolute Gasteiger partial charge is 0.457 e. The zero-order valence-electron chi connectivity index (χ0n) is 19.2. The van der Waals surface area contributed by atoms with Crippen molar-refractivity contribution in [2.45, 2.75) is 25.8 Å². The molecule has 0 N–H and O–H groups in total. The first-order chi connectivity index (χ1) is 17.2. The van der Waals surface area contributed by atoms with E-state index in [1.807, 2.05) is 72.8 Å². The number of pyridine rings is 1. The minimum atomic E-state index is -0.502. The van der Waals surface area contributed by atoms with E-state index in [0.29, 0.717) is 23.2 Å². The molecule has 6 rings (SSSR count). The number of anilines is 1. The van der Waals surface area contributed by atoms with Crippen LogP contribution >= 0.6 is 11.3 Å². The Kier molecular flexibility index (Phi) is 5.51. The van der Waals surface area contributed by atoms with Crippen LogP contribution in [0.5, 0.6) is 11.5 Å². The van der Waals surface area contributed by atoms with Crippen molar-refractivity contribution < 1.29 is 9.53 Å². The van der Waals surface area contributed by atoms with E-state index in [2.05, 4.69) is 24.0 Å². The molecule has 2 aromatic heterocycles. The molecular weight excluding hydrogens is 454 g/mol. The van der Waals surface area contributed by atoms with Gasteiger partial charge in [-0.2, -0.15) is 0 Å². The van der Waals surface area contributed by atoms with E-state index in [0.717, 1.165) is 33.5 Å². The highest BCUT2D eigenvalue weighted by Crippen LogP contribution is 2.45. The average Bonchev–Trinajstić information content (AvgIpc) is 3.33. The molecule has 3 heterocycles. The van der Waals surface area contributed by atoms with Crippen LogP contribution in [-0.2, 0) is 17.8 Å². The molecule has 6 heteroatoms. The van der Waals surface area contributed by atoms with Gasteiger partial charge < -0.3 is 4.74 Å². The number of benzene rings is 3. The Morgan fingerprint density at radius 2 is 1.66 bits per heavy atom. The van der Waals surface area contributed by atoms with Gasteiger partial charge in [-0.3, -0.25) is 14.7 Å². The molecule has 0 radical (unpaired) electrons. The number of ether oxygens (including phenoxy) is 1. The zero-order valence-corrected chi connectivity index (χ0v) is 20.0. The van der Waals surface area contributed by atoms with Crippen LogP contribution < -0.4 is 9.64 Å². The third-order valence-corrected chi connectivity index (χ3v) is 7.36. The summed E-state index contributed by atoms with van der Waals surface area (Å²) in [5.41, 5.74) is 4.67. The fourth-order valence-electron chi connectivity index (χ4n) is 4.52. The van der Waals surface area contributed by atoms with Gasteiger partial charge in [0.1, 0.15) is 11.5 Å². The van der Waals surface area contributed by atoms with Gasteiger partial charge in [0.2, 0.25) is 5.91 Å². The fraction of sp³-hybridized carbons (Fsp3) is 0.138. The second-order valence-electron chi connectivity index (χ2n) is 8.51. The van der Waals surface area contributed by atoms with Gasteiger partial charge in [0, 0.05) is 17.3 Å². The standard InChI is InChI=1S/C29H23N3O2S/c1-2-19-14-15-23-26(17-19)35-29(31-23)32(18-20-9-7-8-16-30-20)28(33)27-21-10-3-5-12-24(21)34-25-13-6-4-11-22(25)27/h3-17,27H,2,18H2,1H3. The summed E-state index contributed by atoms with van der Waals surface area (Å²) in [5, 5.41) is 0.672. The summed E-state index contributed by atoms with van der Waals surface area (Å²) < 4.78 is 7.21. The van der Waals surface area contributed by atoms with Crippen molar-refractivity contribution in [3.8, 4) is 11.5 Å². The summed E-state index contributed by atoms with van der Waals surface area (Å²) >= 11 is 1.54. The number of hydrogen-bond acceptors (Lipinski definition) is 5. The summed E-state index contributed by atoms with van der Waals surface area (Å²) in [4.78, 5) is 25.6. The summed E-state index contributed by atoms with van der Waals surface area (Å²) in [6.07, 6.45) is 2.71. The smallest absolute Gasteiger partial charge is 0.241 e. The molecule has 0 unspecified atom stereocenters. The van der Waals surface area contributed by atoms with Gasteiger partial charge in [-0.25, -0.2) is 4.98 Å². The van der Waals surface area contributed by atoms with E-state index in [1.54, 1.807) is 22.4 Å². The lowest BCUT2D eigenvalue weighted by molar-refractivity contribution is -0.119. The van der Waals surface area contributed by atoms with Gasteiger partial charge in [0.15, 0.2) is 5.13 Å². The van der Waals surface area contributed by atoms with Crippen molar-refractivity contribution in [2.75, 3.05) is 4.90 Å². The first kappa shape index (κ1) is 21.5. The van der Waals surface area contributed by atoms with Gasteiger partial charge in [-0.05, 0) is 48.4 Å². The Morgan fingerprint density at radius 1 is 0.943 bits per heavy atom. The number of hydrogen-bond donors (Lipinski definition) is 0. The maximum atomic E-state index is 14.4. The number of thiazole rings is 1. The summed E-state index contributed by atoms with van der Waals surface area (Å²) in [6.45, 7) is 2.47. The van der Waals surface area contributed by atoms with Crippen LogP contribution in [0.1, 0.15) is 35.2 Å². The minimum Gasteiger partial charge on any atom is -0.457 e. The molecule has 5 nitrogen and oxygen atoms in total. The number of rotatable bonds is 5. The first-order valence-corrected chi connectivity index (χ1v) is 12.5. The quantitative estimate of drug-likeness (QED) is 0.282. The molecule has 0 spiro atoms. The van der Waals surface area contributed by atoms with Gasteiger partial charge in [-0.1, -0.05) is 66.8 Å². The molecular formula is C29H23N3O2S. The van der Waals surface area contributed by atoms with Crippen LogP contribution in [0.15, 0.2) is 91.1 Å². The molecule has 35 heavy (non-hydrogen) atoms. The topological polar surface area (TPSA) is 55.3 Å². The van der Waals surface area contributed by atoms with Crippen LogP contribution in [0.3, 0.4) is 0 Å². The number of carbonyl (C=O) groups excluding carboxylic acids is 1. The highest BCUT2D eigenvalue weighted by atomic mass is 32.1. The lowest BCUT2D eigenvalue weighted by Gasteiger charge is -2.31. The molecule has 0 saturated carbocycles. The Balaban J connectivity index is 1.49. The minimum absolute atomic E-state index is 0.0476. The van der Waals surface area contributed by atoms with Crippen molar-refractivity contribution in [1.29, 1.82) is 0 Å². The molecule has 1 aliphatic rings. The third kappa shape index (κ3) is 3.96. The van der Waals surface area contributed by atoms with Gasteiger partial charge >= 0.3 is 0 Å². The van der Waals surface area contributed by atoms with Crippen molar-refractivity contribution in [2.24, 2.45) is 0 Å². The first-order valence-electron chi connectivity index (χ1n) is 11.7. The number of aromatic nitrogens is 2. The Morgan fingerprint density at radius 3 is 2.34 bits per heavy atom. The van der Waals surface area contributed by atoms with Crippen molar-refractivity contribution in [1.82, 2.24) is 9.97 Å². The van der Waals surface area contributed by atoms with Gasteiger partial charge in [-0.15, -0.1) is 0 Å². The predicted octanol–water partition coefficient (Wildman–Crippen LogP) is 6.72. The van der Waals surface area contributed by atoms with Crippen LogP contribution in [0, 0.1) is 0 Å². The molecule has 1 aliphatic heterocycles. The number of fused-ring (bicyclic) bond motifs is 3. The average molecular weight is 478 g/mol. The molecule has 0 aliphatic carbocycles. The maximum absolute atomic E-state index is 14.4. The Bertz CT molecular complexity index is 1480.